The first-order chi connectivity index (χ1) is 9.42. The van der Waals surface area contributed by atoms with E-state index in [1.54, 1.807) is 6.07 Å². The van der Waals surface area contributed by atoms with Crippen LogP contribution < -0.4 is 4.74 Å². The Labute approximate surface area is 119 Å². The zero-order valence-corrected chi connectivity index (χ0v) is 12.6. The van der Waals surface area contributed by atoms with Gasteiger partial charge in [-0.05, 0) is 27.0 Å². The van der Waals surface area contributed by atoms with Gasteiger partial charge in [-0.3, -0.25) is 4.90 Å². The molecule has 0 saturated carbocycles. The molecule has 2 rings (SSSR count). The van der Waals surface area contributed by atoms with E-state index in [0.29, 0.717) is 17.9 Å². The molecule has 20 heavy (non-hydrogen) atoms. The van der Waals surface area contributed by atoms with Crippen molar-refractivity contribution in [2.24, 2.45) is 0 Å². The van der Waals surface area contributed by atoms with Crippen molar-refractivity contribution in [2.75, 3.05) is 27.9 Å². The first kappa shape index (κ1) is 14.8. The number of esters is 1. The summed E-state index contributed by atoms with van der Waals surface area (Å²) in [5.74, 6) is 0.0789. The van der Waals surface area contributed by atoms with Gasteiger partial charge in [-0.15, -0.1) is 0 Å². The second kappa shape index (κ2) is 5.42. The van der Waals surface area contributed by atoms with Crippen molar-refractivity contribution in [1.82, 2.24) is 4.90 Å². The number of hydrogen-bond donors (Lipinski definition) is 0. The van der Waals surface area contributed by atoms with Gasteiger partial charge in [0.1, 0.15) is 17.5 Å². The van der Waals surface area contributed by atoms with E-state index in [1.807, 2.05) is 19.2 Å². The summed E-state index contributed by atoms with van der Waals surface area (Å²) in [7, 11) is 4.88. The summed E-state index contributed by atoms with van der Waals surface area (Å²) in [5, 5.41) is 0. The van der Waals surface area contributed by atoms with Crippen molar-refractivity contribution >= 4 is 5.97 Å². The summed E-state index contributed by atoms with van der Waals surface area (Å²) in [6, 6.07) is 5.47. The van der Waals surface area contributed by atoms with Gasteiger partial charge >= 0.3 is 5.97 Å². The summed E-state index contributed by atoms with van der Waals surface area (Å²) in [5.41, 5.74) is 1.11. The van der Waals surface area contributed by atoms with E-state index in [0.717, 1.165) is 5.56 Å². The van der Waals surface area contributed by atoms with Crippen LogP contribution in [-0.2, 0) is 9.47 Å². The third-order valence-electron chi connectivity index (χ3n) is 3.83. The molecule has 0 radical (unpaired) electrons. The number of ether oxygens (including phenoxy) is 3. The predicted molar refractivity (Wildman–Crippen MR) is 74.9 cm³/mol. The minimum Gasteiger partial charge on any atom is -0.496 e. The van der Waals surface area contributed by atoms with Gasteiger partial charge in [0.25, 0.3) is 0 Å². The summed E-state index contributed by atoms with van der Waals surface area (Å²) < 4.78 is 16.0. The van der Waals surface area contributed by atoms with E-state index in [1.165, 1.54) is 14.2 Å². The van der Waals surface area contributed by atoms with Gasteiger partial charge in [-0.25, -0.2) is 4.79 Å². The van der Waals surface area contributed by atoms with Gasteiger partial charge in [0.05, 0.1) is 20.8 Å². The van der Waals surface area contributed by atoms with Crippen LogP contribution in [0.2, 0.25) is 0 Å². The van der Waals surface area contributed by atoms with Crippen molar-refractivity contribution in [3.8, 4) is 5.75 Å². The van der Waals surface area contributed by atoms with Crippen LogP contribution in [0.1, 0.15) is 36.0 Å². The molecule has 0 N–H and O–H groups in total. The molecule has 1 aliphatic rings. The largest absolute Gasteiger partial charge is 0.496 e. The quantitative estimate of drug-likeness (QED) is 0.794. The first-order valence-electron chi connectivity index (χ1n) is 6.52. The smallest absolute Gasteiger partial charge is 0.342 e. The van der Waals surface area contributed by atoms with Crippen molar-refractivity contribution < 1.29 is 19.0 Å². The second-order valence-electron chi connectivity index (χ2n) is 5.50. The van der Waals surface area contributed by atoms with E-state index in [-0.39, 0.29) is 11.8 Å². The lowest BCUT2D eigenvalue weighted by Crippen LogP contribution is -2.38. The SMILES string of the molecule is COC(=O)c1c(OC)cccc1C1OCC(C)(C)N1C. The van der Waals surface area contributed by atoms with E-state index < -0.39 is 5.97 Å². The maximum atomic E-state index is 12.1. The number of nitrogens with zero attached hydrogens (tertiary/aromatic N) is 1. The van der Waals surface area contributed by atoms with Crippen LogP contribution in [0.3, 0.4) is 0 Å². The number of rotatable bonds is 3. The van der Waals surface area contributed by atoms with Crippen molar-refractivity contribution in [3.05, 3.63) is 29.3 Å². The molecule has 1 aromatic rings. The maximum absolute atomic E-state index is 12.1. The number of methoxy groups -OCH3 is 2. The molecule has 0 aliphatic carbocycles. The van der Waals surface area contributed by atoms with Crippen LogP contribution in [-0.4, -0.2) is 44.3 Å². The van der Waals surface area contributed by atoms with Crippen LogP contribution >= 0.6 is 0 Å². The average molecular weight is 279 g/mol. The fraction of sp³-hybridized carbons (Fsp3) is 0.533. The van der Waals surface area contributed by atoms with Crippen LogP contribution in [0.5, 0.6) is 5.75 Å². The molecule has 1 unspecified atom stereocenters. The topological polar surface area (TPSA) is 48.0 Å². The van der Waals surface area contributed by atoms with Gasteiger partial charge in [-0.1, -0.05) is 12.1 Å². The first-order valence-corrected chi connectivity index (χ1v) is 6.52. The van der Waals surface area contributed by atoms with Crippen LogP contribution in [0.15, 0.2) is 18.2 Å². The molecule has 1 aromatic carbocycles. The lowest BCUT2D eigenvalue weighted by atomic mass is 10.0. The number of hydrogen-bond acceptors (Lipinski definition) is 5. The molecule has 5 nitrogen and oxygen atoms in total. The van der Waals surface area contributed by atoms with Gasteiger partial charge < -0.3 is 14.2 Å². The fourth-order valence-corrected chi connectivity index (χ4v) is 2.36. The number of benzene rings is 1. The third-order valence-corrected chi connectivity index (χ3v) is 3.83. The Morgan fingerprint density at radius 2 is 2.10 bits per heavy atom. The molecule has 0 amide bonds. The molecule has 1 atom stereocenters. The molecule has 1 saturated heterocycles. The summed E-state index contributed by atoms with van der Waals surface area (Å²) in [6.07, 6.45) is -0.283. The van der Waals surface area contributed by atoms with Gasteiger partial charge in [0.2, 0.25) is 0 Å². The molecular formula is C15H21NO4. The lowest BCUT2D eigenvalue weighted by Gasteiger charge is -2.30. The van der Waals surface area contributed by atoms with E-state index in [4.69, 9.17) is 14.2 Å². The van der Waals surface area contributed by atoms with Crippen molar-refractivity contribution in [2.45, 2.75) is 25.6 Å². The zero-order valence-electron chi connectivity index (χ0n) is 12.6. The predicted octanol–water partition coefficient (Wildman–Crippen LogP) is 2.22. The summed E-state index contributed by atoms with van der Waals surface area (Å²) >= 11 is 0. The minimum absolute atomic E-state index is 0.0822. The van der Waals surface area contributed by atoms with Crippen LogP contribution in [0, 0.1) is 0 Å². The summed E-state index contributed by atoms with van der Waals surface area (Å²) in [4.78, 5) is 14.2. The van der Waals surface area contributed by atoms with E-state index in [2.05, 4.69) is 18.7 Å². The number of carbonyl (C=O) groups excluding carboxylic acids is 1. The van der Waals surface area contributed by atoms with Gasteiger partial charge in [0, 0.05) is 11.1 Å². The lowest BCUT2D eigenvalue weighted by molar-refractivity contribution is 0.0362. The number of likely N-dealkylation sites (N-methyl/N-ethyl adjacent to an activating group) is 1. The Kier molecular flexibility index (Phi) is 4.01. The molecule has 1 aliphatic heterocycles. The highest BCUT2D eigenvalue weighted by Gasteiger charge is 2.40. The highest BCUT2D eigenvalue weighted by atomic mass is 16.5. The Morgan fingerprint density at radius 1 is 1.40 bits per heavy atom. The molecule has 0 spiro atoms. The Balaban J connectivity index is 2.49. The van der Waals surface area contributed by atoms with Gasteiger partial charge in [-0.2, -0.15) is 0 Å². The van der Waals surface area contributed by atoms with E-state index >= 15 is 0 Å². The highest BCUT2D eigenvalue weighted by Crippen LogP contribution is 2.38. The van der Waals surface area contributed by atoms with Crippen molar-refractivity contribution in [1.29, 1.82) is 0 Å². The minimum atomic E-state index is -0.417. The molecule has 0 aromatic heterocycles. The average Bonchev–Trinajstić information content (AvgIpc) is 2.71. The standard InChI is InChI=1S/C15H21NO4/c1-15(2)9-20-13(16(15)3)10-7-6-8-11(18-4)12(10)14(17)19-5/h6-8,13H,9H2,1-5H3. The molecular weight excluding hydrogens is 258 g/mol. The van der Waals surface area contributed by atoms with Crippen LogP contribution in [0.4, 0.5) is 0 Å². The molecule has 5 heteroatoms. The van der Waals surface area contributed by atoms with E-state index in [9.17, 15) is 4.79 Å². The normalized spacial score (nSPS) is 21.8. The monoisotopic (exact) mass is 279 g/mol. The Morgan fingerprint density at radius 3 is 2.60 bits per heavy atom. The molecule has 1 fully saturated rings. The maximum Gasteiger partial charge on any atom is 0.342 e. The zero-order chi connectivity index (χ0) is 14.9. The Bertz CT molecular complexity index is 513. The molecule has 110 valence electrons. The van der Waals surface area contributed by atoms with Crippen LogP contribution in [0.25, 0.3) is 0 Å². The molecule has 1 heterocycles. The summed E-state index contributed by atoms with van der Waals surface area (Å²) in [6.45, 7) is 4.81. The Hall–Kier alpha value is -1.59. The third kappa shape index (κ3) is 2.39. The second-order valence-corrected chi connectivity index (χ2v) is 5.50. The molecule has 0 bridgehead atoms. The van der Waals surface area contributed by atoms with Gasteiger partial charge in [0.15, 0.2) is 0 Å². The fourth-order valence-electron chi connectivity index (χ4n) is 2.36. The number of carbonyl (C=O) groups is 1. The van der Waals surface area contributed by atoms with Crippen molar-refractivity contribution in [3.63, 3.8) is 0 Å². The highest BCUT2D eigenvalue weighted by molar-refractivity contribution is 5.94.